The number of imidazole rings is 1. The number of aryl methyl sites for hydroxylation is 1. The number of rotatable bonds is 6. The molecule has 0 bridgehead atoms. The molecule has 0 spiro atoms. The van der Waals surface area contributed by atoms with Gasteiger partial charge >= 0.3 is 11.8 Å². The highest BCUT2D eigenvalue weighted by molar-refractivity contribution is 5.76. The SMILES string of the molecule is Cn1c(=O)n(CC(C)(C)C)c2ccc(-c3cccc(CNC(=O)OCC4=CC=CCC4)c3)nc21. The van der Waals surface area contributed by atoms with E-state index in [0.717, 1.165) is 40.8 Å². The number of aromatic nitrogens is 3. The summed E-state index contributed by atoms with van der Waals surface area (Å²) < 4.78 is 8.72. The van der Waals surface area contributed by atoms with Gasteiger partial charge in [-0.3, -0.25) is 9.13 Å². The molecule has 1 aromatic carbocycles. The van der Waals surface area contributed by atoms with Gasteiger partial charge in [-0.05, 0) is 47.6 Å². The van der Waals surface area contributed by atoms with E-state index < -0.39 is 6.09 Å². The molecular weight excluding hydrogens is 428 g/mol. The zero-order chi connectivity index (χ0) is 24.3. The normalized spacial score (nSPS) is 13.7. The van der Waals surface area contributed by atoms with E-state index in [0.29, 0.717) is 25.3 Å². The number of carbonyl (C=O) groups excluding carboxylic acids is 1. The van der Waals surface area contributed by atoms with Crippen LogP contribution in [-0.4, -0.2) is 26.8 Å². The lowest BCUT2D eigenvalue weighted by molar-refractivity contribution is 0.154. The maximum absolute atomic E-state index is 12.8. The monoisotopic (exact) mass is 460 g/mol. The molecule has 3 aromatic rings. The van der Waals surface area contributed by atoms with Crippen molar-refractivity contribution in [2.45, 2.75) is 46.7 Å². The van der Waals surface area contributed by atoms with Crippen LogP contribution in [0, 0.1) is 5.41 Å². The van der Waals surface area contributed by atoms with Gasteiger partial charge in [-0.15, -0.1) is 0 Å². The number of amides is 1. The van der Waals surface area contributed by atoms with Gasteiger partial charge in [0.1, 0.15) is 6.61 Å². The number of allylic oxidation sites excluding steroid dienone is 3. The van der Waals surface area contributed by atoms with Crippen LogP contribution in [0.4, 0.5) is 4.79 Å². The van der Waals surface area contributed by atoms with Crippen molar-refractivity contribution >= 4 is 17.3 Å². The molecule has 1 N–H and O–H groups in total. The first-order chi connectivity index (χ1) is 16.2. The van der Waals surface area contributed by atoms with Crippen molar-refractivity contribution in [3.8, 4) is 11.3 Å². The minimum absolute atomic E-state index is 0.0241. The number of benzene rings is 1. The van der Waals surface area contributed by atoms with Crippen LogP contribution in [0.15, 0.2) is 65.0 Å². The summed E-state index contributed by atoms with van der Waals surface area (Å²) in [4.78, 5) is 29.7. The van der Waals surface area contributed by atoms with Crippen molar-refractivity contribution in [2.75, 3.05) is 6.61 Å². The predicted molar refractivity (Wildman–Crippen MR) is 135 cm³/mol. The van der Waals surface area contributed by atoms with Gasteiger partial charge < -0.3 is 10.1 Å². The van der Waals surface area contributed by atoms with E-state index in [1.54, 1.807) is 16.2 Å². The molecule has 1 aliphatic rings. The third-order valence-corrected chi connectivity index (χ3v) is 5.76. The topological polar surface area (TPSA) is 78.2 Å². The van der Waals surface area contributed by atoms with Gasteiger partial charge in [-0.1, -0.05) is 57.2 Å². The fourth-order valence-electron chi connectivity index (χ4n) is 4.06. The fourth-order valence-corrected chi connectivity index (χ4v) is 4.06. The molecule has 178 valence electrons. The number of hydrogen-bond acceptors (Lipinski definition) is 4. The van der Waals surface area contributed by atoms with Gasteiger partial charge in [0.2, 0.25) is 0 Å². The molecule has 4 rings (SSSR count). The lowest BCUT2D eigenvalue weighted by Crippen LogP contribution is -2.27. The number of pyridine rings is 1. The summed E-state index contributed by atoms with van der Waals surface area (Å²) in [5, 5.41) is 2.81. The predicted octanol–water partition coefficient (Wildman–Crippen LogP) is 4.95. The Kier molecular flexibility index (Phi) is 6.72. The van der Waals surface area contributed by atoms with E-state index >= 15 is 0 Å². The van der Waals surface area contributed by atoms with E-state index in [-0.39, 0.29) is 11.1 Å². The molecule has 0 saturated carbocycles. The molecule has 0 saturated heterocycles. The molecule has 0 aliphatic heterocycles. The first-order valence-corrected chi connectivity index (χ1v) is 11.6. The second-order valence-electron chi connectivity index (χ2n) is 9.95. The second-order valence-corrected chi connectivity index (χ2v) is 9.95. The third-order valence-electron chi connectivity index (χ3n) is 5.76. The van der Waals surface area contributed by atoms with Gasteiger partial charge in [0.25, 0.3) is 0 Å². The minimum Gasteiger partial charge on any atom is -0.445 e. The lowest BCUT2D eigenvalue weighted by atomic mass is 9.97. The largest absolute Gasteiger partial charge is 0.445 e. The Morgan fingerprint density at radius 2 is 2.03 bits per heavy atom. The maximum Gasteiger partial charge on any atom is 0.407 e. The Bertz CT molecular complexity index is 1320. The van der Waals surface area contributed by atoms with Crippen LogP contribution in [-0.2, 0) is 24.9 Å². The molecule has 2 heterocycles. The molecule has 0 atom stereocenters. The Labute approximate surface area is 199 Å². The van der Waals surface area contributed by atoms with E-state index in [1.807, 2.05) is 48.6 Å². The third kappa shape index (κ3) is 5.47. The van der Waals surface area contributed by atoms with Crippen molar-refractivity contribution in [1.29, 1.82) is 0 Å². The van der Waals surface area contributed by atoms with E-state index in [4.69, 9.17) is 9.72 Å². The average molecular weight is 461 g/mol. The number of nitrogens with one attached hydrogen (secondary N) is 1. The molecule has 7 nitrogen and oxygen atoms in total. The van der Waals surface area contributed by atoms with Crippen molar-refractivity contribution in [3.05, 3.63) is 76.2 Å². The second kappa shape index (κ2) is 9.71. The van der Waals surface area contributed by atoms with E-state index in [9.17, 15) is 9.59 Å². The smallest absolute Gasteiger partial charge is 0.407 e. The number of nitrogens with zero attached hydrogens (tertiary/aromatic N) is 3. The Hall–Kier alpha value is -3.61. The van der Waals surface area contributed by atoms with Crippen LogP contribution < -0.4 is 11.0 Å². The summed E-state index contributed by atoms with van der Waals surface area (Å²) in [7, 11) is 1.76. The van der Waals surface area contributed by atoms with Crippen molar-refractivity contribution < 1.29 is 9.53 Å². The first-order valence-electron chi connectivity index (χ1n) is 11.6. The number of ether oxygens (including phenoxy) is 1. The van der Waals surface area contributed by atoms with Crippen LogP contribution in [0.1, 0.15) is 39.2 Å². The molecule has 0 radical (unpaired) electrons. The molecule has 1 aliphatic carbocycles. The lowest BCUT2D eigenvalue weighted by Gasteiger charge is -2.18. The summed E-state index contributed by atoms with van der Waals surface area (Å²) in [6.45, 7) is 7.62. The van der Waals surface area contributed by atoms with Gasteiger partial charge in [0.05, 0.1) is 11.2 Å². The minimum atomic E-state index is -0.435. The van der Waals surface area contributed by atoms with E-state index in [2.05, 4.69) is 32.2 Å². The van der Waals surface area contributed by atoms with Gasteiger partial charge in [0.15, 0.2) is 5.65 Å². The van der Waals surface area contributed by atoms with Crippen LogP contribution in [0.2, 0.25) is 0 Å². The number of fused-ring (bicyclic) bond motifs is 1. The number of hydrogen-bond donors (Lipinski definition) is 1. The molecule has 7 heteroatoms. The summed E-state index contributed by atoms with van der Waals surface area (Å²) >= 11 is 0. The molecular formula is C27H32N4O3. The molecule has 0 unspecified atom stereocenters. The van der Waals surface area contributed by atoms with Crippen LogP contribution >= 0.6 is 0 Å². The fraction of sp³-hybridized carbons (Fsp3) is 0.370. The summed E-state index contributed by atoms with van der Waals surface area (Å²) in [5.74, 6) is 0. The molecule has 0 fully saturated rings. The Balaban J connectivity index is 1.47. The zero-order valence-corrected chi connectivity index (χ0v) is 20.3. The van der Waals surface area contributed by atoms with Crippen molar-refractivity contribution in [2.24, 2.45) is 12.5 Å². The maximum atomic E-state index is 12.8. The highest BCUT2D eigenvalue weighted by atomic mass is 16.5. The zero-order valence-electron chi connectivity index (χ0n) is 20.3. The summed E-state index contributed by atoms with van der Waals surface area (Å²) in [6.07, 6.45) is 7.57. The van der Waals surface area contributed by atoms with Gasteiger partial charge in [-0.25, -0.2) is 14.6 Å². The van der Waals surface area contributed by atoms with Crippen molar-refractivity contribution in [3.63, 3.8) is 0 Å². The average Bonchev–Trinajstić information content (AvgIpc) is 3.05. The van der Waals surface area contributed by atoms with Gasteiger partial charge in [0, 0.05) is 25.7 Å². The highest BCUT2D eigenvalue weighted by Crippen LogP contribution is 2.24. The van der Waals surface area contributed by atoms with Gasteiger partial charge in [-0.2, -0.15) is 0 Å². The summed E-state index contributed by atoms with van der Waals surface area (Å²) in [6, 6.07) is 11.8. The van der Waals surface area contributed by atoms with Crippen LogP contribution in [0.25, 0.3) is 22.4 Å². The van der Waals surface area contributed by atoms with Crippen molar-refractivity contribution in [1.82, 2.24) is 19.4 Å². The first kappa shape index (κ1) is 23.5. The van der Waals surface area contributed by atoms with Crippen LogP contribution in [0.3, 0.4) is 0 Å². The Morgan fingerprint density at radius 1 is 1.21 bits per heavy atom. The standard InChI is InChI=1S/C27H32N4O3/c1-27(2,3)18-31-23-14-13-22(29-24(23)30(4)26(31)33)21-12-8-11-20(15-21)16-28-25(32)34-17-19-9-6-5-7-10-19/h5-6,8-9,11-15H,7,10,16-18H2,1-4H3,(H,28,32). The summed E-state index contributed by atoms with van der Waals surface area (Å²) in [5.41, 5.74) is 5.15. The highest BCUT2D eigenvalue weighted by Gasteiger charge is 2.19. The van der Waals surface area contributed by atoms with Crippen LogP contribution in [0.5, 0.6) is 0 Å². The molecule has 34 heavy (non-hydrogen) atoms. The quantitative estimate of drug-likeness (QED) is 0.565. The molecule has 1 amide bonds. The molecule has 2 aromatic heterocycles. The number of alkyl carbamates (subject to hydrolysis) is 1. The number of carbonyl (C=O) groups is 1. The van der Waals surface area contributed by atoms with E-state index in [1.165, 1.54) is 0 Å². The Morgan fingerprint density at radius 3 is 2.76 bits per heavy atom.